The molecule has 0 saturated carbocycles. The number of amides is 1. The van der Waals surface area contributed by atoms with Crippen LogP contribution in [0.25, 0.3) is 0 Å². The second-order valence-electron chi connectivity index (χ2n) is 4.94. The van der Waals surface area contributed by atoms with Crippen molar-refractivity contribution in [1.82, 2.24) is 10.6 Å². The van der Waals surface area contributed by atoms with Gasteiger partial charge in [-0.1, -0.05) is 26.0 Å². The van der Waals surface area contributed by atoms with Gasteiger partial charge in [0.1, 0.15) is 0 Å². The van der Waals surface area contributed by atoms with Crippen molar-refractivity contribution < 1.29 is 4.79 Å². The monoisotopic (exact) mass is 259 g/mol. The van der Waals surface area contributed by atoms with Crippen LogP contribution in [0.5, 0.6) is 0 Å². The minimum Gasteiger partial charge on any atom is -0.356 e. The summed E-state index contributed by atoms with van der Waals surface area (Å²) < 4.78 is 0. The van der Waals surface area contributed by atoms with Gasteiger partial charge in [-0.2, -0.15) is 5.26 Å². The van der Waals surface area contributed by atoms with Crippen molar-refractivity contribution in [3.05, 3.63) is 35.4 Å². The fourth-order valence-electron chi connectivity index (χ4n) is 1.59. The van der Waals surface area contributed by atoms with E-state index in [9.17, 15) is 4.79 Å². The molecule has 4 nitrogen and oxygen atoms in total. The highest BCUT2D eigenvalue weighted by Crippen LogP contribution is 2.03. The Balaban J connectivity index is 2.20. The van der Waals surface area contributed by atoms with Crippen molar-refractivity contribution in [2.24, 2.45) is 5.92 Å². The van der Waals surface area contributed by atoms with Crippen LogP contribution in [-0.2, 0) is 11.3 Å². The first kappa shape index (κ1) is 15.2. The molecule has 0 aliphatic carbocycles. The molecule has 0 spiro atoms. The van der Waals surface area contributed by atoms with Crippen molar-refractivity contribution >= 4 is 5.91 Å². The Labute approximate surface area is 114 Å². The van der Waals surface area contributed by atoms with Gasteiger partial charge < -0.3 is 10.6 Å². The molecule has 4 heteroatoms. The van der Waals surface area contributed by atoms with Gasteiger partial charge in [0.15, 0.2) is 0 Å². The number of nitrogens with zero attached hydrogens (tertiary/aromatic N) is 1. The molecule has 102 valence electrons. The maximum atomic E-state index is 11.5. The Morgan fingerprint density at radius 3 is 2.89 bits per heavy atom. The van der Waals surface area contributed by atoms with Crippen molar-refractivity contribution in [3.8, 4) is 6.07 Å². The van der Waals surface area contributed by atoms with Crippen LogP contribution >= 0.6 is 0 Å². The molecule has 1 amide bonds. The summed E-state index contributed by atoms with van der Waals surface area (Å²) >= 11 is 0. The Morgan fingerprint density at radius 1 is 1.42 bits per heavy atom. The molecule has 0 unspecified atom stereocenters. The normalized spacial score (nSPS) is 10.2. The van der Waals surface area contributed by atoms with Crippen LogP contribution in [0.15, 0.2) is 24.3 Å². The van der Waals surface area contributed by atoms with Gasteiger partial charge in [0.2, 0.25) is 5.91 Å². The van der Waals surface area contributed by atoms with E-state index >= 15 is 0 Å². The van der Waals surface area contributed by atoms with E-state index in [0.29, 0.717) is 31.0 Å². The molecule has 0 bridgehead atoms. The second kappa shape index (κ2) is 8.28. The second-order valence-corrected chi connectivity index (χ2v) is 4.94. The topological polar surface area (TPSA) is 64.9 Å². The minimum absolute atomic E-state index is 0.0759. The van der Waals surface area contributed by atoms with Crippen molar-refractivity contribution in [1.29, 1.82) is 5.26 Å². The molecule has 0 saturated heterocycles. The highest BCUT2D eigenvalue weighted by molar-refractivity contribution is 5.76. The van der Waals surface area contributed by atoms with E-state index < -0.39 is 0 Å². The lowest BCUT2D eigenvalue weighted by Gasteiger charge is -2.08. The average molecular weight is 259 g/mol. The Morgan fingerprint density at radius 2 is 2.21 bits per heavy atom. The van der Waals surface area contributed by atoms with Crippen molar-refractivity contribution in [2.75, 3.05) is 13.1 Å². The zero-order valence-corrected chi connectivity index (χ0v) is 11.6. The summed E-state index contributed by atoms with van der Waals surface area (Å²) in [6.07, 6.45) is 0.477. The average Bonchev–Trinajstić information content (AvgIpc) is 2.41. The molecule has 0 aliphatic rings. The summed E-state index contributed by atoms with van der Waals surface area (Å²) in [4.78, 5) is 11.5. The van der Waals surface area contributed by atoms with Gasteiger partial charge in [-0.25, -0.2) is 0 Å². The standard InChI is InChI=1S/C15H21N3O/c1-12(2)10-18-15(19)6-7-17-11-14-5-3-4-13(8-14)9-16/h3-5,8,12,17H,6-7,10-11H2,1-2H3,(H,18,19). The molecule has 1 rings (SSSR count). The Hall–Kier alpha value is -1.86. The summed E-state index contributed by atoms with van der Waals surface area (Å²) in [5, 5.41) is 14.9. The van der Waals surface area contributed by atoms with Crippen LogP contribution in [0.1, 0.15) is 31.4 Å². The molecule has 1 aromatic rings. The number of carbonyl (C=O) groups is 1. The third-order valence-electron chi connectivity index (χ3n) is 2.62. The third kappa shape index (κ3) is 6.58. The molecule has 0 fully saturated rings. The lowest BCUT2D eigenvalue weighted by molar-refractivity contribution is -0.121. The third-order valence-corrected chi connectivity index (χ3v) is 2.62. The van der Waals surface area contributed by atoms with Crippen LogP contribution in [0, 0.1) is 17.2 Å². The fourth-order valence-corrected chi connectivity index (χ4v) is 1.59. The molecule has 1 aromatic carbocycles. The Bertz CT molecular complexity index is 449. The number of benzene rings is 1. The highest BCUT2D eigenvalue weighted by atomic mass is 16.1. The quantitative estimate of drug-likeness (QED) is 0.734. The maximum absolute atomic E-state index is 11.5. The SMILES string of the molecule is CC(C)CNC(=O)CCNCc1cccc(C#N)c1. The van der Waals surface area contributed by atoms with Crippen LogP contribution < -0.4 is 10.6 Å². The van der Waals surface area contributed by atoms with E-state index in [1.54, 1.807) is 6.07 Å². The molecule has 2 N–H and O–H groups in total. The predicted molar refractivity (Wildman–Crippen MR) is 75.3 cm³/mol. The van der Waals surface area contributed by atoms with Gasteiger partial charge in [-0.3, -0.25) is 4.79 Å². The zero-order valence-electron chi connectivity index (χ0n) is 11.6. The molecule has 0 atom stereocenters. The van der Waals surface area contributed by atoms with Crippen LogP contribution in [0.3, 0.4) is 0 Å². The number of hydrogen-bond acceptors (Lipinski definition) is 3. The van der Waals surface area contributed by atoms with Crippen molar-refractivity contribution in [2.45, 2.75) is 26.8 Å². The minimum atomic E-state index is 0.0759. The summed E-state index contributed by atoms with van der Waals surface area (Å²) in [5.74, 6) is 0.553. The number of carbonyl (C=O) groups excluding carboxylic acids is 1. The summed E-state index contributed by atoms with van der Waals surface area (Å²) in [6, 6.07) is 9.58. The first-order valence-electron chi connectivity index (χ1n) is 6.58. The van der Waals surface area contributed by atoms with E-state index in [1.165, 1.54) is 0 Å². The number of hydrogen-bond donors (Lipinski definition) is 2. The first-order valence-corrected chi connectivity index (χ1v) is 6.58. The molecule has 0 aromatic heterocycles. The number of nitriles is 1. The smallest absolute Gasteiger partial charge is 0.221 e. The summed E-state index contributed by atoms with van der Waals surface area (Å²) in [5.41, 5.74) is 1.72. The molecule has 0 aliphatic heterocycles. The van der Waals surface area contributed by atoms with E-state index in [4.69, 9.17) is 5.26 Å². The molecule has 0 radical (unpaired) electrons. The van der Waals surface area contributed by atoms with E-state index in [1.807, 2.05) is 18.2 Å². The highest BCUT2D eigenvalue weighted by Gasteiger charge is 2.02. The first-order chi connectivity index (χ1) is 9.11. The molecule has 19 heavy (non-hydrogen) atoms. The van der Waals surface area contributed by atoms with Crippen molar-refractivity contribution in [3.63, 3.8) is 0 Å². The van der Waals surface area contributed by atoms with E-state index in [-0.39, 0.29) is 5.91 Å². The van der Waals surface area contributed by atoms with Crippen LogP contribution in [0.4, 0.5) is 0 Å². The summed E-state index contributed by atoms with van der Waals surface area (Å²) in [6.45, 7) is 6.18. The maximum Gasteiger partial charge on any atom is 0.221 e. The predicted octanol–water partition coefficient (Wildman–Crippen LogP) is 1.81. The lowest BCUT2D eigenvalue weighted by Crippen LogP contribution is -2.30. The largest absolute Gasteiger partial charge is 0.356 e. The van der Waals surface area contributed by atoms with Gasteiger partial charge >= 0.3 is 0 Å². The molecular weight excluding hydrogens is 238 g/mol. The number of rotatable bonds is 7. The lowest BCUT2D eigenvalue weighted by atomic mass is 10.1. The van der Waals surface area contributed by atoms with E-state index in [2.05, 4.69) is 30.6 Å². The van der Waals surface area contributed by atoms with Gasteiger partial charge in [-0.15, -0.1) is 0 Å². The molecule has 0 heterocycles. The van der Waals surface area contributed by atoms with Crippen LogP contribution in [0.2, 0.25) is 0 Å². The fraction of sp³-hybridized carbons (Fsp3) is 0.467. The van der Waals surface area contributed by atoms with Gasteiger partial charge in [0, 0.05) is 26.1 Å². The van der Waals surface area contributed by atoms with Gasteiger partial charge in [0.05, 0.1) is 11.6 Å². The Kier molecular flexibility index (Phi) is 6.62. The van der Waals surface area contributed by atoms with Gasteiger partial charge in [0.25, 0.3) is 0 Å². The zero-order chi connectivity index (χ0) is 14.1. The summed E-state index contributed by atoms with van der Waals surface area (Å²) in [7, 11) is 0. The number of nitrogens with one attached hydrogen (secondary N) is 2. The van der Waals surface area contributed by atoms with Crippen LogP contribution in [-0.4, -0.2) is 19.0 Å². The molecular formula is C15H21N3O. The van der Waals surface area contributed by atoms with Gasteiger partial charge in [-0.05, 0) is 23.6 Å². The van der Waals surface area contributed by atoms with E-state index in [0.717, 1.165) is 12.1 Å².